The molecule has 0 bridgehead atoms. The van der Waals surface area contributed by atoms with Gasteiger partial charge in [0.2, 0.25) is 0 Å². The Morgan fingerprint density at radius 3 is 2.44 bits per heavy atom. The summed E-state index contributed by atoms with van der Waals surface area (Å²) < 4.78 is 0. The summed E-state index contributed by atoms with van der Waals surface area (Å²) in [4.78, 5) is 47.0. The van der Waals surface area contributed by atoms with Crippen molar-refractivity contribution in [1.82, 2.24) is 25.1 Å². The van der Waals surface area contributed by atoms with Crippen molar-refractivity contribution in [3.05, 3.63) is 27.9 Å². The fraction of sp³-hybridized carbons (Fsp3) is 0.684. The third-order valence-electron chi connectivity index (χ3n) is 5.14. The largest absolute Gasteiger partial charge is 0.348 e. The molecule has 2 N–H and O–H groups in total. The third-order valence-corrected chi connectivity index (χ3v) is 5.14. The van der Waals surface area contributed by atoms with E-state index in [2.05, 4.69) is 29.1 Å². The van der Waals surface area contributed by atoms with Crippen LogP contribution < -0.4 is 11.0 Å². The summed E-state index contributed by atoms with van der Waals surface area (Å²) in [6, 6.07) is 1.77. The fourth-order valence-electron chi connectivity index (χ4n) is 3.76. The predicted octanol–water partition coefficient (Wildman–Crippen LogP) is 1.38. The highest BCUT2D eigenvalue weighted by Gasteiger charge is 2.28. The van der Waals surface area contributed by atoms with E-state index in [1.54, 1.807) is 6.07 Å². The average Bonchev–Trinajstić information content (AvgIpc) is 3.15. The summed E-state index contributed by atoms with van der Waals surface area (Å²) in [5, 5.41) is 2.97. The number of hydrogen-bond acceptors (Lipinski definition) is 4. The van der Waals surface area contributed by atoms with E-state index in [1.807, 2.05) is 9.80 Å². The number of carbonyl (C=O) groups is 2. The second-order valence-corrected chi connectivity index (χ2v) is 7.91. The predicted molar refractivity (Wildman–Crippen MR) is 102 cm³/mol. The summed E-state index contributed by atoms with van der Waals surface area (Å²) in [5.74, 6) is 0.0480. The van der Waals surface area contributed by atoms with Gasteiger partial charge in [0.05, 0.1) is 0 Å². The molecular weight excluding hydrogens is 346 g/mol. The summed E-state index contributed by atoms with van der Waals surface area (Å²) in [6.07, 6.45) is 4.29. The minimum absolute atomic E-state index is 0.00485. The van der Waals surface area contributed by atoms with Gasteiger partial charge in [0.15, 0.2) is 0 Å². The van der Waals surface area contributed by atoms with E-state index in [4.69, 9.17) is 0 Å². The molecule has 2 fully saturated rings. The van der Waals surface area contributed by atoms with E-state index < -0.39 is 5.69 Å². The highest BCUT2D eigenvalue weighted by Crippen LogP contribution is 2.16. The molecule has 0 aromatic carbocycles. The van der Waals surface area contributed by atoms with Gasteiger partial charge in [-0.25, -0.2) is 9.59 Å². The summed E-state index contributed by atoms with van der Waals surface area (Å²) in [6.45, 7) is 7.08. The molecular formula is C19H29N5O3. The lowest BCUT2D eigenvalue weighted by Gasteiger charge is -2.34. The second kappa shape index (κ2) is 8.54. The number of hydrogen-bond donors (Lipinski definition) is 2. The normalized spacial score (nSPS) is 18.2. The molecule has 0 radical (unpaired) electrons. The first kappa shape index (κ1) is 19.4. The van der Waals surface area contributed by atoms with Gasteiger partial charge in [-0.15, -0.1) is 0 Å². The molecule has 3 rings (SSSR count). The maximum Gasteiger partial charge on any atom is 0.345 e. The van der Waals surface area contributed by atoms with Gasteiger partial charge in [0, 0.05) is 37.9 Å². The van der Waals surface area contributed by atoms with Gasteiger partial charge in [-0.3, -0.25) is 4.79 Å². The topological polar surface area (TPSA) is 98.4 Å². The number of carbonyl (C=O) groups excluding carboxylic acids is 2. The maximum atomic E-state index is 12.5. The van der Waals surface area contributed by atoms with Crippen LogP contribution in [0.4, 0.5) is 4.79 Å². The monoisotopic (exact) mass is 375 g/mol. The van der Waals surface area contributed by atoms with Crippen LogP contribution in [0.3, 0.4) is 0 Å². The molecule has 27 heavy (non-hydrogen) atoms. The highest BCUT2D eigenvalue weighted by molar-refractivity contribution is 5.92. The number of urea groups is 1. The van der Waals surface area contributed by atoms with Crippen molar-refractivity contribution in [2.75, 3.05) is 26.2 Å². The standard InChI is InChI=1S/C19H29N5O3/c1-13(2)11-15-12-16(22-18(26)21-15)17(25)20-14-5-9-24(10-6-14)19(27)23-7-3-4-8-23/h12-14H,3-11H2,1-2H3,(H,20,25)(H,21,22,26). The van der Waals surface area contributed by atoms with Crippen LogP contribution in [-0.2, 0) is 6.42 Å². The van der Waals surface area contributed by atoms with Crippen LogP contribution in [0.25, 0.3) is 0 Å². The molecule has 0 saturated carbocycles. The first-order valence-corrected chi connectivity index (χ1v) is 9.87. The Hall–Kier alpha value is -2.38. The van der Waals surface area contributed by atoms with Gasteiger partial charge in [-0.2, -0.15) is 4.98 Å². The average molecular weight is 375 g/mol. The van der Waals surface area contributed by atoms with Crippen molar-refractivity contribution in [2.24, 2.45) is 5.92 Å². The van der Waals surface area contributed by atoms with Crippen LogP contribution in [0.1, 0.15) is 55.7 Å². The quantitative estimate of drug-likeness (QED) is 0.830. The van der Waals surface area contributed by atoms with Gasteiger partial charge in [-0.1, -0.05) is 13.8 Å². The van der Waals surface area contributed by atoms with E-state index in [9.17, 15) is 14.4 Å². The first-order valence-electron chi connectivity index (χ1n) is 9.87. The molecule has 3 heterocycles. The lowest BCUT2D eigenvalue weighted by Crippen LogP contribution is -2.50. The maximum absolute atomic E-state index is 12.5. The SMILES string of the molecule is CC(C)Cc1cc(C(=O)NC2CCN(C(=O)N3CCCC3)CC2)nc(=O)[nH]1. The van der Waals surface area contributed by atoms with Crippen LogP contribution >= 0.6 is 0 Å². The number of aromatic amines is 1. The molecule has 2 aliphatic rings. The van der Waals surface area contributed by atoms with E-state index in [-0.39, 0.29) is 23.7 Å². The highest BCUT2D eigenvalue weighted by atomic mass is 16.2. The Morgan fingerprint density at radius 2 is 1.81 bits per heavy atom. The molecule has 0 aliphatic carbocycles. The molecule has 2 saturated heterocycles. The van der Waals surface area contributed by atoms with Crippen LogP contribution in [0, 0.1) is 5.92 Å². The lowest BCUT2D eigenvalue weighted by atomic mass is 10.0. The van der Waals surface area contributed by atoms with Gasteiger partial charge in [-0.05, 0) is 44.1 Å². The number of likely N-dealkylation sites (tertiary alicyclic amines) is 2. The number of H-pyrrole nitrogens is 1. The summed E-state index contributed by atoms with van der Waals surface area (Å²) in [5.41, 5.74) is 0.385. The van der Waals surface area contributed by atoms with Crippen molar-refractivity contribution in [3.8, 4) is 0 Å². The van der Waals surface area contributed by atoms with Gasteiger partial charge in [0.1, 0.15) is 5.69 Å². The van der Waals surface area contributed by atoms with Crippen molar-refractivity contribution < 1.29 is 9.59 Å². The lowest BCUT2D eigenvalue weighted by molar-refractivity contribution is 0.0907. The van der Waals surface area contributed by atoms with Gasteiger partial charge < -0.3 is 20.1 Å². The van der Waals surface area contributed by atoms with Crippen LogP contribution in [0.15, 0.2) is 10.9 Å². The Kier molecular flexibility index (Phi) is 6.13. The van der Waals surface area contributed by atoms with E-state index >= 15 is 0 Å². The number of piperidine rings is 1. The van der Waals surface area contributed by atoms with Crippen molar-refractivity contribution in [3.63, 3.8) is 0 Å². The molecule has 0 spiro atoms. The van der Waals surface area contributed by atoms with Gasteiger partial charge >= 0.3 is 11.7 Å². The molecule has 0 atom stereocenters. The summed E-state index contributed by atoms with van der Waals surface area (Å²) >= 11 is 0. The third kappa shape index (κ3) is 5.08. The Labute approximate surface area is 159 Å². The fourth-order valence-corrected chi connectivity index (χ4v) is 3.76. The minimum atomic E-state index is -0.496. The zero-order valence-electron chi connectivity index (χ0n) is 16.2. The number of nitrogens with one attached hydrogen (secondary N) is 2. The number of nitrogens with zero attached hydrogens (tertiary/aromatic N) is 3. The smallest absolute Gasteiger partial charge is 0.345 e. The molecule has 148 valence electrons. The van der Waals surface area contributed by atoms with Crippen molar-refractivity contribution in [1.29, 1.82) is 0 Å². The zero-order valence-corrected chi connectivity index (χ0v) is 16.2. The van der Waals surface area contributed by atoms with Crippen molar-refractivity contribution >= 4 is 11.9 Å². The molecule has 8 heteroatoms. The Bertz CT molecular complexity index is 731. The van der Waals surface area contributed by atoms with Gasteiger partial charge in [0.25, 0.3) is 5.91 Å². The summed E-state index contributed by atoms with van der Waals surface area (Å²) in [7, 11) is 0. The van der Waals surface area contributed by atoms with Crippen LogP contribution in [0.5, 0.6) is 0 Å². The van der Waals surface area contributed by atoms with E-state index in [0.717, 1.165) is 31.6 Å². The molecule has 1 aromatic heterocycles. The van der Waals surface area contributed by atoms with E-state index in [0.29, 0.717) is 38.3 Å². The Morgan fingerprint density at radius 1 is 1.19 bits per heavy atom. The first-order chi connectivity index (χ1) is 12.9. The molecule has 3 amide bonds. The zero-order chi connectivity index (χ0) is 19.4. The Balaban J connectivity index is 1.54. The number of amides is 3. The van der Waals surface area contributed by atoms with Crippen molar-refractivity contribution in [2.45, 2.75) is 52.0 Å². The minimum Gasteiger partial charge on any atom is -0.348 e. The van der Waals surface area contributed by atoms with Crippen LogP contribution in [0.2, 0.25) is 0 Å². The van der Waals surface area contributed by atoms with E-state index in [1.165, 1.54) is 0 Å². The second-order valence-electron chi connectivity index (χ2n) is 7.91. The molecule has 0 unspecified atom stereocenters. The van der Waals surface area contributed by atoms with Crippen LogP contribution in [-0.4, -0.2) is 63.9 Å². The molecule has 1 aromatic rings. The number of rotatable bonds is 4. The molecule has 2 aliphatic heterocycles. The number of aromatic nitrogens is 2. The molecule has 8 nitrogen and oxygen atoms in total.